The summed E-state index contributed by atoms with van der Waals surface area (Å²) in [7, 11) is -4.07. The van der Waals surface area contributed by atoms with Gasteiger partial charge in [0, 0.05) is 0 Å². The van der Waals surface area contributed by atoms with Crippen molar-refractivity contribution >= 4 is 23.0 Å². The normalized spacial score (nSPS) is 10.8. The Labute approximate surface area is 295 Å². The third-order valence-corrected chi connectivity index (χ3v) is 9.75. The van der Waals surface area contributed by atoms with Gasteiger partial charge < -0.3 is 27.1 Å². The fourth-order valence-electron chi connectivity index (χ4n) is 4.84. The smallest absolute Gasteiger partial charge is 0.408 e. The molecule has 0 heterocycles. The molecule has 50 heavy (non-hydrogen) atoms. The van der Waals surface area contributed by atoms with Gasteiger partial charge >= 0.3 is 17.2 Å². The molecule has 252 valence electrons. The Bertz CT molecular complexity index is 1840. The van der Waals surface area contributed by atoms with Crippen LogP contribution in [-0.4, -0.2) is 5.78 Å². The van der Waals surface area contributed by atoms with Gasteiger partial charge in [0.2, 0.25) is 5.78 Å². The van der Waals surface area contributed by atoms with Crippen LogP contribution in [0.3, 0.4) is 0 Å². The SMILES string of the molecule is Cc1ccccc1OP(Oc1ccccc1C)Oc1ccccc1C(=O)c1ccccc1OP(Oc1ccccc1C)Oc1ccccc1C. The van der Waals surface area contributed by atoms with Crippen LogP contribution in [0.1, 0.15) is 38.2 Å². The molecule has 0 unspecified atom stereocenters. The van der Waals surface area contributed by atoms with Gasteiger partial charge in [-0.3, -0.25) is 4.79 Å². The molecular formula is C41H36O7P2. The summed E-state index contributed by atoms with van der Waals surface area (Å²) in [6, 6.07) is 44.6. The van der Waals surface area contributed by atoms with Crippen LogP contribution in [0.5, 0.6) is 34.5 Å². The summed E-state index contributed by atoms with van der Waals surface area (Å²) in [4.78, 5) is 14.4. The first-order valence-electron chi connectivity index (χ1n) is 16.0. The second-order valence-electron chi connectivity index (χ2n) is 11.4. The maximum absolute atomic E-state index is 14.4. The van der Waals surface area contributed by atoms with E-state index in [0.717, 1.165) is 22.3 Å². The highest BCUT2D eigenvalue weighted by Crippen LogP contribution is 2.47. The summed E-state index contributed by atoms with van der Waals surface area (Å²) in [5, 5.41) is 0. The number of hydrogen-bond donors (Lipinski definition) is 0. The van der Waals surface area contributed by atoms with Crippen LogP contribution in [0, 0.1) is 27.7 Å². The molecule has 0 N–H and O–H groups in total. The molecule has 0 atom stereocenters. The number of carbonyl (C=O) groups is 1. The first-order chi connectivity index (χ1) is 24.4. The van der Waals surface area contributed by atoms with Crippen molar-refractivity contribution in [3.8, 4) is 34.5 Å². The second kappa shape index (κ2) is 16.4. The Morgan fingerprint density at radius 3 is 0.840 bits per heavy atom. The van der Waals surface area contributed by atoms with E-state index < -0.39 is 17.2 Å². The summed E-state index contributed by atoms with van der Waals surface area (Å²) in [6.07, 6.45) is 0. The number of hydrogen-bond acceptors (Lipinski definition) is 7. The number of benzene rings is 6. The van der Waals surface area contributed by atoms with E-state index in [0.29, 0.717) is 45.6 Å². The van der Waals surface area contributed by atoms with Crippen molar-refractivity contribution in [1.82, 2.24) is 0 Å². The zero-order chi connectivity index (χ0) is 34.9. The lowest BCUT2D eigenvalue weighted by Crippen LogP contribution is -2.10. The van der Waals surface area contributed by atoms with E-state index in [1.165, 1.54) is 0 Å². The first kappa shape index (κ1) is 34.5. The fraction of sp³-hybridized carbons (Fsp3) is 0.0976. The Balaban J connectivity index is 1.31. The average molecular weight is 703 g/mol. The summed E-state index contributed by atoms with van der Waals surface area (Å²) in [5.74, 6) is 2.75. The molecule has 0 saturated heterocycles. The molecule has 6 aromatic rings. The van der Waals surface area contributed by atoms with Crippen LogP contribution in [0.25, 0.3) is 0 Å². The molecule has 0 aliphatic carbocycles. The minimum absolute atomic E-state index is 0.301. The molecule has 0 amide bonds. The number of rotatable bonds is 14. The van der Waals surface area contributed by atoms with Crippen LogP contribution in [-0.2, 0) is 0 Å². The predicted octanol–water partition coefficient (Wildman–Crippen LogP) is 11.7. The highest BCUT2D eigenvalue weighted by atomic mass is 31.2. The Hall–Kier alpha value is -5.35. The maximum Gasteiger partial charge on any atom is 0.530 e. The van der Waals surface area contributed by atoms with E-state index in [-0.39, 0.29) is 5.78 Å². The van der Waals surface area contributed by atoms with E-state index in [1.807, 2.05) is 125 Å². The monoisotopic (exact) mass is 702 g/mol. The van der Waals surface area contributed by atoms with Gasteiger partial charge in [-0.2, -0.15) is 0 Å². The molecule has 0 radical (unpaired) electrons. The molecule has 7 nitrogen and oxygen atoms in total. The van der Waals surface area contributed by atoms with Crippen LogP contribution in [0.2, 0.25) is 0 Å². The molecule has 0 saturated carbocycles. The van der Waals surface area contributed by atoms with Gasteiger partial charge in [0.15, 0.2) is 0 Å². The van der Waals surface area contributed by atoms with Crippen molar-refractivity contribution < 1.29 is 31.9 Å². The van der Waals surface area contributed by atoms with E-state index in [9.17, 15) is 4.79 Å². The fourth-order valence-corrected chi connectivity index (χ4v) is 7.17. The van der Waals surface area contributed by atoms with Crippen molar-refractivity contribution in [2.45, 2.75) is 27.7 Å². The number of carbonyl (C=O) groups excluding carboxylic acids is 1. The standard InChI is InChI=1S/C41H36O7P2/c1-29-17-5-11-23-35(29)43-49(44-36-24-12-6-18-30(36)2)47-39-27-15-9-21-33(39)41(42)34-22-10-16-28-40(34)48-50(45-37-25-13-7-19-31(37)3)46-38-26-14-8-20-32(38)4/h5-28H,1-4H3. The zero-order valence-electron chi connectivity index (χ0n) is 28.1. The van der Waals surface area contributed by atoms with Crippen molar-refractivity contribution in [1.29, 1.82) is 0 Å². The molecule has 0 fully saturated rings. The summed E-state index contributed by atoms with van der Waals surface area (Å²) in [6.45, 7) is 7.80. The highest BCUT2D eigenvalue weighted by molar-refractivity contribution is 7.43. The zero-order valence-corrected chi connectivity index (χ0v) is 29.9. The minimum atomic E-state index is -2.04. The van der Waals surface area contributed by atoms with Gasteiger partial charge in [0.25, 0.3) is 0 Å². The number of aryl methyl sites for hydroxylation is 4. The predicted molar refractivity (Wildman–Crippen MR) is 199 cm³/mol. The molecule has 0 spiro atoms. The lowest BCUT2D eigenvalue weighted by atomic mass is 10.0. The van der Waals surface area contributed by atoms with Crippen LogP contribution < -0.4 is 27.1 Å². The van der Waals surface area contributed by atoms with Gasteiger partial charge in [-0.25, -0.2) is 0 Å². The highest BCUT2D eigenvalue weighted by Gasteiger charge is 2.28. The van der Waals surface area contributed by atoms with E-state index in [1.54, 1.807) is 48.5 Å². The van der Waals surface area contributed by atoms with E-state index >= 15 is 0 Å². The van der Waals surface area contributed by atoms with Crippen LogP contribution in [0.15, 0.2) is 146 Å². The minimum Gasteiger partial charge on any atom is -0.408 e. The molecule has 0 aromatic heterocycles. The molecule has 6 aromatic carbocycles. The lowest BCUT2D eigenvalue weighted by Gasteiger charge is -2.22. The van der Waals surface area contributed by atoms with E-state index in [2.05, 4.69) is 0 Å². The van der Waals surface area contributed by atoms with E-state index in [4.69, 9.17) is 27.1 Å². The lowest BCUT2D eigenvalue weighted by molar-refractivity contribution is 0.103. The Morgan fingerprint density at radius 2 is 0.560 bits per heavy atom. The Kier molecular flexibility index (Phi) is 11.3. The number of para-hydroxylation sites is 6. The molecule has 0 aliphatic heterocycles. The third kappa shape index (κ3) is 8.62. The maximum atomic E-state index is 14.4. The molecule has 0 bridgehead atoms. The summed E-state index contributed by atoms with van der Waals surface area (Å²) >= 11 is 0. The third-order valence-electron chi connectivity index (χ3n) is 7.68. The van der Waals surface area contributed by atoms with Crippen molar-refractivity contribution in [2.75, 3.05) is 0 Å². The average Bonchev–Trinajstić information content (AvgIpc) is 3.12. The second-order valence-corrected chi connectivity index (χ2v) is 13.4. The van der Waals surface area contributed by atoms with Crippen molar-refractivity contribution in [3.63, 3.8) is 0 Å². The topological polar surface area (TPSA) is 72.5 Å². The quantitative estimate of drug-likeness (QED) is 0.0826. The summed E-state index contributed by atoms with van der Waals surface area (Å²) in [5.41, 5.74) is 4.30. The molecular weight excluding hydrogens is 666 g/mol. The van der Waals surface area contributed by atoms with Crippen LogP contribution >= 0.6 is 17.2 Å². The molecule has 9 heteroatoms. The number of ketones is 1. The van der Waals surface area contributed by atoms with Gasteiger partial charge in [-0.05, 0) is 98.5 Å². The molecule has 6 rings (SSSR count). The van der Waals surface area contributed by atoms with Crippen molar-refractivity contribution in [3.05, 3.63) is 179 Å². The van der Waals surface area contributed by atoms with Gasteiger partial charge in [0.05, 0.1) is 11.1 Å². The van der Waals surface area contributed by atoms with Gasteiger partial charge in [-0.1, -0.05) is 97.1 Å². The Morgan fingerprint density at radius 1 is 0.340 bits per heavy atom. The largest absolute Gasteiger partial charge is 0.530 e. The van der Waals surface area contributed by atoms with Crippen molar-refractivity contribution in [2.24, 2.45) is 0 Å². The van der Waals surface area contributed by atoms with Crippen LogP contribution in [0.4, 0.5) is 0 Å². The first-order valence-corrected chi connectivity index (χ1v) is 18.2. The van der Waals surface area contributed by atoms with Gasteiger partial charge in [-0.15, -0.1) is 0 Å². The molecule has 0 aliphatic rings. The summed E-state index contributed by atoms with van der Waals surface area (Å²) < 4.78 is 38.1. The van der Waals surface area contributed by atoms with Gasteiger partial charge in [0.1, 0.15) is 34.5 Å².